The maximum absolute atomic E-state index is 13.2. The molecule has 0 bridgehead atoms. The van der Waals surface area contributed by atoms with E-state index >= 15 is 0 Å². The van der Waals surface area contributed by atoms with Crippen molar-refractivity contribution in [2.75, 3.05) is 12.4 Å². The van der Waals surface area contributed by atoms with Gasteiger partial charge in [0.15, 0.2) is 0 Å². The molecule has 2 N–H and O–H groups in total. The molecule has 158 valence electrons. The first-order valence-corrected chi connectivity index (χ1v) is 9.85. The Kier molecular flexibility index (Phi) is 5.76. The normalized spacial score (nSPS) is 19.5. The molecule has 0 radical (unpaired) electrons. The van der Waals surface area contributed by atoms with Gasteiger partial charge in [-0.3, -0.25) is 9.59 Å². The van der Waals surface area contributed by atoms with Crippen LogP contribution in [0.5, 0.6) is 5.75 Å². The van der Waals surface area contributed by atoms with E-state index in [1.807, 2.05) is 6.92 Å². The van der Waals surface area contributed by atoms with Gasteiger partial charge in [-0.15, -0.1) is 0 Å². The fourth-order valence-corrected chi connectivity index (χ4v) is 3.67. The molecule has 2 aromatic carbocycles. The van der Waals surface area contributed by atoms with Crippen LogP contribution in [0.1, 0.15) is 30.5 Å². The number of methoxy groups -OCH3 is 1. The quantitative estimate of drug-likeness (QED) is 0.708. The van der Waals surface area contributed by atoms with Gasteiger partial charge in [0.1, 0.15) is 17.3 Å². The molecule has 0 aromatic heterocycles. The van der Waals surface area contributed by atoms with Gasteiger partial charge in [-0.05, 0) is 68.7 Å². The fraction of sp³-hybridized carbons (Fsp3) is 0.318. The van der Waals surface area contributed by atoms with Crippen molar-refractivity contribution >= 4 is 35.1 Å². The predicted molar refractivity (Wildman–Crippen MR) is 115 cm³/mol. The van der Waals surface area contributed by atoms with E-state index in [0.29, 0.717) is 27.6 Å². The third kappa shape index (κ3) is 3.61. The molecule has 0 saturated carbocycles. The van der Waals surface area contributed by atoms with Crippen LogP contribution in [0.15, 0.2) is 36.4 Å². The van der Waals surface area contributed by atoms with Gasteiger partial charge in [-0.2, -0.15) is 0 Å². The Morgan fingerprint density at radius 2 is 1.93 bits per heavy atom. The lowest BCUT2D eigenvalue weighted by molar-refractivity contribution is -0.136. The summed E-state index contributed by atoms with van der Waals surface area (Å²) in [4.78, 5) is 39.7. The van der Waals surface area contributed by atoms with Crippen molar-refractivity contribution in [3.05, 3.63) is 58.1 Å². The largest absolute Gasteiger partial charge is 0.496 e. The monoisotopic (exact) mass is 429 g/mol. The zero-order valence-corrected chi connectivity index (χ0v) is 18.3. The number of anilines is 1. The van der Waals surface area contributed by atoms with E-state index in [9.17, 15) is 14.4 Å². The van der Waals surface area contributed by atoms with Crippen LogP contribution in [0.2, 0.25) is 5.02 Å². The lowest BCUT2D eigenvalue weighted by Gasteiger charge is -2.25. The topological polar surface area (TPSA) is 87.7 Å². The van der Waals surface area contributed by atoms with Crippen LogP contribution >= 0.6 is 11.6 Å². The number of ether oxygens (including phenoxy) is 1. The molecule has 1 saturated heterocycles. The molecule has 0 spiro atoms. The summed E-state index contributed by atoms with van der Waals surface area (Å²) >= 11 is 6.10. The number of hydrogen-bond donors (Lipinski definition) is 2. The average molecular weight is 430 g/mol. The number of hydrogen-bond acceptors (Lipinski definition) is 4. The average Bonchev–Trinajstić information content (AvgIpc) is 2.94. The standard InChI is InChI=1S/C22H24ClN3O4/c1-12-11-15(9-10-18(12)30-5)22(4)20(28)26(21(29)25-22)14(3)19(27)24-17-8-6-7-16(23)13(17)2/h6-11,14H,1-5H3,(H,24,27)(H,25,29). The highest BCUT2D eigenvalue weighted by molar-refractivity contribution is 6.31. The SMILES string of the molecule is COc1ccc(C2(C)NC(=O)N(C(C)C(=O)Nc3cccc(Cl)c3C)C2=O)cc1C. The first kappa shape index (κ1) is 21.6. The number of amides is 4. The van der Waals surface area contributed by atoms with Gasteiger partial charge >= 0.3 is 6.03 Å². The Bertz CT molecular complexity index is 1040. The van der Waals surface area contributed by atoms with Crippen LogP contribution in [0.3, 0.4) is 0 Å². The molecule has 1 aliphatic heterocycles. The molecule has 1 fully saturated rings. The van der Waals surface area contributed by atoms with Gasteiger partial charge in [0.05, 0.1) is 7.11 Å². The van der Waals surface area contributed by atoms with Gasteiger partial charge in [0, 0.05) is 10.7 Å². The molecular weight excluding hydrogens is 406 g/mol. The molecule has 3 rings (SSSR count). The van der Waals surface area contributed by atoms with E-state index < -0.39 is 29.4 Å². The van der Waals surface area contributed by atoms with Crippen LogP contribution in [0.25, 0.3) is 0 Å². The summed E-state index contributed by atoms with van der Waals surface area (Å²) in [5.41, 5.74) is 1.39. The van der Waals surface area contributed by atoms with Crippen molar-refractivity contribution in [1.82, 2.24) is 10.2 Å². The Labute approximate surface area is 180 Å². The summed E-state index contributed by atoms with van der Waals surface area (Å²) in [6, 6.07) is 8.77. The number of carbonyl (C=O) groups excluding carboxylic acids is 3. The van der Waals surface area contributed by atoms with E-state index in [1.54, 1.807) is 57.4 Å². The minimum absolute atomic E-state index is 0.487. The highest BCUT2D eigenvalue weighted by Crippen LogP contribution is 2.33. The minimum Gasteiger partial charge on any atom is -0.496 e. The van der Waals surface area contributed by atoms with Crippen molar-refractivity contribution in [3.63, 3.8) is 0 Å². The number of imide groups is 1. The fourth-order valence-electron chi connectivity index (χ4n) is 3.49. The molecular formula is C22H24ClN3O4. The second-order valence-corrected chi connectivity index (χ2v) is 7.90. The van der Waals surface area contributed by atoms with Crippen molar-refractivity contribution in [2.24, 2.45) is 0 Å². The molecule has 7 nitrogen and oxygen atoms in total. The highest BCUT2D eigenvalue weighted by atomic mass is 35.5. The molecule has 0 aliphatic carbocycles. The van der Waals surface area contributed by atoms with E-state index in [0.717, 1.165) is 10.5 Å². The Morgan fingerprint density at radius 3 is 2.57 bits per heavy atom. The third-order valence-electron chi connectivity index (χ3n) is 5.49. The Balaban J connectivity index is 1.85. The van der Waals surface area contributed by atoms with Gasteiger partial charge in [0.2, 0.25) is 5.91 Å². The molecule has 2 atom stereocenters. The van der Waals surface area contributed by atoms with Gasteiger partial charge < -0.3 is 15.4 Å². The van der Waals surface area contributed by atoms with Gasteiger partial charge in [0.25, 0.3) is 5.91 Å². The molecule has 2 aromatic rings. The molecule has 30 heavy (non-hydrogen) atoms. The van der Waals surface area contributed by atoms with E-state index in [-0.39, 0.29) is 0 Å². The summed E-state index contributed by atoms with van der Waals surface area (Å²) in [7, 11) is 1.57. The van der Waals surface area contributed by atoms with Crippen LogP contribution < -0.4 is 15.4 Å². The van der Waals surface area contributed by atoms with E-state index in [1.165, 1.54) is 6.92 Å². The number of urea groups is 1. The second-order valence-electron chi connectivity index (χ2n) is 7.49. The Hall–Kier alpha value is -3.06. The molecule has 4 amide bonds. The molecule has 1 aliphatic rings. The minimum atomic E-state index is -1.28. The maximum Gasteiger partial charge on any atom is 0.326 e. The summed E-state index contributed by atoms with van der Waals surface area (Å²) in [5, 5.41) is 5.99. The van der Waals surface area contributed by atoms with Crippen molar-refractivity contribution in [3.8, 4) is 5.75 Å². The van der Waals surface area contributed by atoms with Crippen LogP contribution in [0, 0.1) is 13.8 Å². The smallest absolute Gasteiger partial charge is 0.326 e. The summed E-state index contributed by atoms with van der Waals surface area (Å²) in [6.45, 7) is 6.77. The number of carbonyl (C=O) groups is 3. The van der Waals surface area contributed by atoms with Crippen molar-refractivity contribution in [2.45, 2.75) is 39.3 Å². The van der Waals surface area contributed by atoms with Crippen molar-refractivity contribution < 1.29 is 19.1 Å². The van der Waals surface area contributed by atoms with Gasteiger partial charge in [-0.25, -0.2) is 9.69 Å². The third-order valence-corrected chi connectivity index (χ3v) is 5.90. The first-order chi connectivity index (χ1) is 14.1. The zero-order valence-electron chi connectivity index (χ0n) is 17.5. The van der Waals surface area contributed by atoms with Crippen LogP contribution in [-0.2, 0) is 15.1 Å². The number of halogens is 1. The summed E-state index contributed by atoms with van der Waals surface area (Å²) in [6.07, 6.45) is 0. The lowest BCUT2D eigenvalue weighted by Crippen LogP contribution is -2.47. The van der Waals surface area contributed by atoms with E-state index in [4.69, 9.17) is 16.3 Å². The van der Waals surface area contributed by atoms with Crippen LogP contribution in [0.4, 0.5) is 10.5 Å². The molecule has 1 heterocycles. The number of nitrogens with zero attached hydrogens (tertiary/aromatic N) is 1. The van der Waals surface area contributed by atoms with Crippen LogP contribution in [-0.4, -0.2) is 35.9 Å². The maximum atomic E-state index is 13.2. The summed E-state index contributed by atoms with van der Waals surface area (Å²) < 4.78 is 5.26. The highest BCUT2D eigenvalue weighted by Gasteiger charge is 2.51. The number of benzene rings is 2. The molecule has 2 unspecified atom stereocenters. The predicted octanol–water partition coefficient (Wildman–Crippen LogP) is 3.76. The number of nitrogens with one attached hydrogen (secondary N) is 2. The second kappa shape index (κ2) is 7.99. The summed E-state index contributed by atoms with van der Waals surface area (Å²) in [5.74, 6) is -0.304. The number of aryl methyl sites for hydroxylation is 1. The Morgan fingerprint density at radius 1 is 1.23 bits per heavy atom. The first-order valence-electron chi connectivity index (χ1n) is 9.47. The molecule has 8 heteroatoms. The number of rotatable bonds is 5. The lowest BCUT2D eigenvalue weighted by atomic mass is 9.90. The zero-order chi connectivity index (χ0) is 22.2. The van der Waals surface area contributed by atoms with E-state index in [2.05, 4.69) is 10.6 Å². The van der Waals surface area contributed by atoms with Gasteiger partial charge in [-0.1, -0.05) is 23.7 Å². The van der Waals surface area contributed by atoms with Crippen molar-refractivity contribution in [1.29, 1.82) is 0 Å².